The lowest BCUT2D eigenvalue weighted by atomic mass is 10.2. The number of nitrogens with one attached hydrogen (secondary N) is 1. The van der Waals surface area contributed by atoms with E-state index in [9.17, 15) is 13.2 Å². The summed E-state index contributed by atoms with van der Waals surface area (Å²) in [7, 11) is -3.51. The molecule has 1 aromatic heterocycles. The number of carbonyl (C=O) groups is 1. The zero-order valence-electron chi connectivity index (χ0n) is 15.3. The maximum atomic E-state index is 12.6. The summed E-state index contributed by atoms with van der Waals surface area (Å²) in [6.45, 7) is 2.47. The predicted molar refractivity (Wildman–Crippen MR) is 104 cm³/mol. The van der Waals surface area contributed by atoms with Gasteiger partial charge in [0.25, 0.3) is 5.91 Å². The minimum atomic E-state index is -3.51. The molecule has 146 valence electrons. The van der Waals surface area contributed by atoms with Crippen LogP contribution in [-0.4, -0.2) is 41.4 Å². The molecular weight excluding hydrogens is 380 g/mol. The summed E-state index contributed by atoms with van der Waals surface area (Å²) in [4.78, 5) is 16.5. The number of anilines is 1. The molecule has 2 aromatic carbocycles. The first-order valence-corrected chi connectivity index (χ1v) is 10.3. The zero-order chi connectivity index (χ0) is 20.0. The molecule has 28 heavy (non-hydrogen) atoms. The number of rotatable bonds is 8. The minimum Gasteiger partial charge on any atom is -0.492 e. The predicted octanol–water partition coefficient (Wildman–Crippen LogP) is 2.40. The number of benzene rings is 2. The molecule has 9 heteroatoms. The van der Waals surface area contributed by atoms with Gasteiger partial charge in [0.2, 0.25) is 0 Å². The van der Waals surface area contributed by atoms with Crippen molar-refractivity contribution in [3.8, 4) is 5.75 Å². The highest BCUT2D eigenvalue weighted by Crippen LogP contribution is 2.21. The number of hydrogen-bond donors (Lipinski definition) is 1. The number of nitrogens with zero attached hydrogens (tertiary/aromatic N) is 3. The molecular formula is C19H20N4O4S. The van der Waals surface area contributed by atoms with Gasteiger partial charge < -0.3 is 10.1 Å². The van der Waals surface area contributed by atoms with Gasteiger partial charge in [0.1, 0.15) is 25.0 Å². The Hall–Kier alpha value is -3.20. The van der Waals surface area contributed by atoms with Gasteiger partial charge in [-0.3, -0.25) is 4.79 Å². The van der Waals surface area contributed by atoms with E-state index in [0.717, 1.165) is 0 Å². The van der Waals surface area contributed by atoms with Crippen LogP contribution in [0.25, 0.3) is 0 Å². The molecule has 0 spiro atoms. The number of aromatic nitrogens is 3. The average Bonchev–Trinajstić information content (AvgIpc) is 3.22. The third kappa shape index (κ3) is 4.74. The van der Waals surface area contributed by atoms with Crippen LogP contribution in [0.1, 0.15) is 17.3 Å². The first kappa shape index (κ1) is 19.6. The molecule has 1 amide bonds. The molecule has 0 saturated heterocycles. The number of hydrogen-bond acceptors (Lipinski definition) is 6. The van der Waals surface area contributed by atoms with Gasteiger partial charge in [-0.25, -0.2) is 18.1 Å². The van der Waals surface area contributed by atoms with Crippen LogP contribution in [0.2, 0.25) is 0 Å². The van der Waals surface area contributed by atoms with E-state index in [-0.39, 0.29) is 16.2 Å². The summed E-state index contributed by atoms with van der Waals surface area (Å²) in [6.07, 6.45) is 3.05. The molecule has 0 aliphatic heterocycles. The molecule has 8 nitrogen and oxygen atoms in total. The Morgan fingerprint density at radius 2 is 2.00 bits per heavy atom. The van der Waals surface area contributed by atoms with Crippen molar-refractivity contribution in [2.45, 2.75) is 18.4 Å². The van der Waals surface area contributed by atoms with Gasteiger partial charge in [0, 0.05) is 11.8 Å². The van der Waals surface area contributed by atoms with Gasteiger partial charge in [-0.05, 0) is 24.3 Å². The van der Waals surface area contributed by atoms with E-state index in [2.05, 4.69) is 15.4 Å². The molecule has 3 aromatic rings. The lowest BCUT2D eigenvalue weighted by Gasteiger charge is -2.11. The summed E-state index contributed by atoms with van der Waals surface area (Å²) in [5.41, 5.74) is 0.619. The summed E-state index contributed by atoms with van der Waals surface area (Å²) in [5.74, 6) is 0.00613. The van der Waals surface area contributed by atoms with E-state index in [1.165, 1.54) is 18.5 Å². The fourth-order valence-corrected chi connectivity index (χ4v) is 3.64. The third-order valence-corrected chi connectivity index (χ3v) is 5.78. The maximum Gasteiger partial charge on any atom is 0.256 e. The maximum absolute atomic E-state index is 12.6. The van der Waals surface area contributed by atoms with E-state index in [4.69, 9.17) is 4.74 Å². The van der Waals surface area contributed by atoms with Crippen molar-refractivity contribution < 1.29 is 17.9 Å². The number of ether oxygens (including phenoxy) is 1. The quantitative estimate of drug-likeness (QED) is 0.623. The molecule has 0 fully saturated rings. The lowest BCUT2D eigenvalue weighted by Crippen LogP contribution is -2.17. The van der Waals surface area contributed by atoms with Crippen molar-refractivity contribution in [2.75, 3.05) is 17.7 Å². The van der Waals surface area contributed by atoms with Gasteiger partial charge in [0.15, 0.2) is 9.84 Å². The number of sulfone groups is 1. The second kappa shape index (κ2) is 8.66. The Bertz CT molecular complexity index is 1050. The van der Waals surface area contributed by atoms with E-state index in [1.54, 1.807) is 54.3 Å². The summed E-state index contributed by atoms with van der Waals surface area (Å²) < 4.78 is 31.8. The Morgan fingerprint density at radius 3 is 2.75 bits per heavy atom. The molecule has 0 unspecified atom stereocenters. The summed E-state index contributed by atoms with van der Waals surface area (Å²) in [6, 6.07) is 13.1. The Balaban J connectivity index is 1.70. The highest BCUT2D eigenvalue weighted by molar-refractivity contribution is 7.91. The van der Waals surface area contributed by atoms with Crippen LogP contribution in [0.4, 0.5) is 5.69 Å². The molecule has 0 radical (unpaired) electrons. The van der Waals surface area contributed by atoms with Crippen LogP contribution in [0.15, 0.2) is 66.1 Å². The smallest absolute Gasteiger partial charge is 0.256 e. The molecule has 0 aliphatic rings. The second-order valence-electron chi connectivity index (χ2n) is 5.89. The highest BCUT2D eigenvalue weighted by Gasteiger charge is 2.20. The van der Waals surface area contributed by atoms with E-state index >= 15 is 0 Å². The van der Waals surface area contributed by atoms with Gasteiger partial charge in [-0.1, -0.05) is 25.1 Å². The van der Waals surface area contributed by atoms with Crippen LogP contribution in [0.3, 0.4) is 0 Å². The summed E-state index contributed by atoms with van der Waals surface area (Å²) in [5, 5.41) is 6.72. The largest absolute Gasteiger partial charge is 0.492 e. The normalized spacial score (nSPS) is 11.2. The third-order valence-electron chi connectivity index (χ3n) is 3.99. The van der Waals surface area contributed by atoms with E-state index in [1.807, 2.05) is 0 Å². The van der Waals surface area contributed by atoms with Crippen LogP contribution < -0.4 is 10.1 Å². The molecule has 0 saturated carbocycles. The van der Waals surface area contributed by atoms with Gasteiger partial charge in [0.05, 0.1) is 22.8 Å². The molecule has 0 bridgehead atoms. The average molecular weight is 400 g/mol. The van der Waals surface area contributed by atoms with Crippen molar-refractivity contribution in [3.05, 3.63) is 66.7 Å². The van der Waals surface area contributed by atoms with Crippen molar-refractivity contribution in [1.29, 1.82) is 0 Å². The fraction of sp³-hybridized carbons (Fsp3) is 0.211. The number of amides is 1. The molecule has 3 rings (SSSR count). The Labute approximate surface area is 163 Å². The van der Waals surface area contributed by atoms with E-state index in [0.29, 0.717) is 24.6 Å². The molecule has 0 atom stereocenters. The standard InChI is InChI=1S/C19H20N4O4S/c1-2-28(25,26)18-9-4-3-8-17(18)19(24)22-15-6-5-7-16(12-15)27-11-10-23-14-20-13-21-23/h3-9,12-14H,2,10-11H2,1H3,(H,22,24). The summed E-state index contributed by atoms with van der Waals surface area (Å²) >= 11 is 0. The van der Waals surface area contributed by atoms with Crippen molar-refractivity contribution in [3.63, 3.8) is 0 Å². The van der Waals surface area contributed by atoms with Crippen LogP contribution in [0, 0.1) is 0 Å². The highest BCUT2D eigenvalue weighted by atomic mass is 32.2. The van der Waals surface area contributed by atoms with Crippen LogP contribution in [-0.2, 0) is 16.4 Å². The molecule has 1 heterocycles. The monoisotopic (exact) mass is 400 g/mol. The first-order chi connectivity index (χ1) is 13.5. The number of carbonyl (C=O) groups excluding carboxylic acids is 1. The van der Waals surface area contributed by atoms with Gasteiger partial charge >= 0.3 is 0 Å². The van der Waals surface area contributed by atoms with Crippen LogP contribution >= 0.6 is 0 Å². The fourth-order valence-electron chi connectivity index (χ4n) is 2.55. The van der Waals surface area contributed by atoms with Crippen molar-refractivity contribution in [1.82, 2.24) is 14.8 Å². The second-order valence-corrected chi connectivity index (χ2v) is 8.14. The first-order valence-electron chi connectivity index (χ1n) is 8.68. The minimum absolute atomic E-state index is 0.0234. The van der Waals surface area contributed by atoms with Crippen molar-refractivity contribution in [2.24, 2.45) is 0 Å². The SMILES string of the molecule is CCS(=O)(=O)c1ccccc1C(=O)Nc1cccc(OCCn2cncn2)c1. The van der Waals surface area contributed by atoms with Crippen LogP contribution in [0.5, 0.6) is 5.75 Å². The Kier molecular flexibility index (Phi) is 6.05. The lowest BCUT2D eigenvalue weighted by molar-refractivity contribution is 0.102. The van der Waals surface area contributed by atoms with E-state index < -0.39 is 15.7 Å². The molecule has 0 aliphatic carbocycles. The Morgan fingerprint density at radius 1 is 1.18 bits per heavy atom. The van der Waals surface area contributed by atoms with Crippen molar-refractivity contribution >= 4 is 21.4 Å². The zero-order valence-corrected chi connectivity index (χ0v) is 16.1. The van der Waals surface area contributed by atoms with Gasteiger partial charge in [-0.15, -0.1) is 0 Å². The molecule has 1 N–H and O–H groups in total. The topological polar surface area (TPSA) is 103 Å². The van der Waals surface area contributed by atoms with Gasteiger partial charge in [-0.2, -0.15) is 5.10 Å².